The Labute approximate surface area is 115 Å². The van der Waals surface area contributed by atoms with E-state index in [1.165, 1.54) is 18.2 Å². The number of aryl methyl sites for hydroxylation is 1. The molecule has 0 unspecified atom stereocenters. The van der Waals surface area contributed by atoms with E-state index in [4.69, 9.17) is 4.42 Å². The lowest BCUT2D eigenvalue weighted by molar-refractivity contribution is -0.385. The molecule has 0 saturated carbocycles. The molecule has 1 aromatic carbocycles. The molecule has 1 aromatic heterocycles. The summed E-state index contributed by atoms with van der Waals surface area (Å²) in [4.78, 5) is 22.1. The number of nitro benzene ring substituents is 1. The molecule has 98 valence electrons. The average Bonchev–Trinajstić information content (AvgIpc) is 2.74. The van der Waals surface area contributed by atoms with E-state index in [-0.39, 0.29) is 21.7 Å². The van der Waals surface area contributed by atoms with Gasteiger partial charge in [0.2, 0.25) is 5.89 Å². The summed E-state index contributed by atoms with van der Waals surface area (Å²) in [5, 5.41) is 20.3. The van der Waals surface area contributed by atoms with Crippen LogP contribution >= 0.6 is 15.9 Å². The van der Waals surface area contributed by atoms with Gasteiger partial charge in [-0.25, -0.2) is 0 Å². The quantitative estimate of drug-likeness (QED) is 0.684. The molecule has 9 heteroatoms. The molecule has 0 radical (unpaired) electrons. The monoisotopic (exact) mass is 326 g/mol. The lowest BCUT2D eigenvalue weighted by Crippen LogP contribution is -2.13. The molecule has 1 amide bonds. The van der Waals surface area contributed by atoms with Crippen LogP contribution in [0.1, 0.15) is 16.2 Å². The molecule has 1 heterocycles. The van der Waals surface area contributed by atoms with Crippen LogP contribution in [0.4, 0.5) is 11.7 Å². The summed E-state index contributed by atoms with van der Waals surface area (Å²) in [7, 11) is 0. The third-order valence-electron chi connectivity index (χ3n) is 2.17. The summed E-state index contributed by atoms with van der Waals surface area (Å²) in [5.41, 5.74) is -0.0978. The maximum atomic E-state index is 11.9. The Hall–Kier alpha value is -2.29. The van der Waals surface area contributed by atoms with Crippen LogP contribution in [0.5, 0.6) is 0 Å². The summed E-state index contributed by atoms with van der Waals surface area (Å²) in [6, 6.07) is 4.07. The van der Waals surface area contributed by atoms with Gasteiger partial charge >= 0.3 is 6.01 Å². The Morgan fingerprint density at radius 3 is 2.79 bits per heavy atom. The van der Waals surface area contributed by atoms with Crippen LogP contribution in [0.15, 0.2) is 27.1 Å². The third kappa shape index (κ3) is 2.76. The van der Waals surface area contributed by atoms with Crippen molar-refractivity contribution in [3.63, 3.8) is 0 Å². The van der Waals surface area contributed by atoms with Gasteiger partial charge in [-0.1, -0.05) is 11.2 Å². The van der Waals surface area contributed by atoms with Crippen LogP contribution in [0.2, 0.25) is 0 Å². The topological polar surface area (TPSA) is 111 Å². The van der Waals surface area contributed by atoms with Crippen LogP contribution in [0.25, 0.3) is 0 Å². The molecule has 0 atom stereocenters. The van der Waals surface area contributed by atoms with Crippen molar-refractivity contribution in [3.8, 4) is 0 Å². The second-order valence-corrected chi connectivity index (χ2v) is 4.27. The largest absolute Gasteiger partial charge is 0.408 e. The Morgan fingerprint density at radius 1 is 1.47 bits per heavy atom. The van der Waals surface area contributed by atoms with Gasteiger partial charge in [0, 0.05) is 13.0 Å². The van der Waals surface area contributed by atoms with Crippen LogP contribution in [-0.4, -0.2) is 21.0 Å². The minimum Gasteiger partial charge on any atom is -0.408 e. The predicted molar refractivity (Wildman–Crippen MR) is 67.8 cm³/mol. The standard InChI is InChI=1S/C10H7BrN4O4/c1-5-13-14-10(19-5)12-9(16)6-3-2-4-7(8(6)11)15(17)18/h2-4H,1H3,(H,12,14,16). The summed E-state index contributed by atoms with van der Waals surface area (Å²) in [5.74, 6) is -0.285. The number of amides is 1. The van der Waals surface area contributed by atoms with E-state index in [1.807, 2.05) is 0 Å². The highest BCUT2D eigenvalue weighted by Gasteiger charge is 2.20. The third-order valence-corrected chi connectivity index (χ3v) is 3.00. The summed E-state index contributed by atoms with van der Waals surface area (Å²) in [6.07, 6.45) is 0. The SMILES string of the molecule is Cc1nnc(NC(=O)c2cccc([N+](=O)[O-])c2Br)o1. The van der Waals surface area contributed by atoms with Crippen molar-refractivity contribution < 1.29 is 14.1 Å². The molecule has 0 aliphatic carbocycles. The molecule has 0 bridgehead atoms. The smallest absolute Gasteiger partial charge is 0.322 e. The predicted octanol–water partition coefficient (Wildman–Crippen LogP) is 2.30. The van der Waals surface area contributed by atoms with Crippen LogP contribution in [0, 0.1) is 17.0 Å². The number of halogens is 1. The zero-order chi connectivity index (χ0) is 14.0. The molecule has 0 aliphatic heterocycles. The molecule has 0 saturated heterocycles. The van der Waals surface area contributed by atoms with Gasteiger partial charge in [0.25, 0.3) is 11.6 Å². The van der Waals surface area contributed by atoms with Crippen molar-refractivity contribution in [2.45, 2.75) is 6.92 Å². The first-order chi connectivity index (χ1) is 8.99. The van der Waals surface area contributed by atoms with Crippen LogP contribution < -0.4 is 5.32 Å². The Morgan fingerprint density at radius 2 is 2.21 bits per heavy atom. The van der Waals surface area contributed by atoms with Crippen molar-refractivity contribution in [1.29, 1.82) is 0 Å². The molecule has 0 spiro atoms. The van der Waals surface area contributed by atoms with Crippen molar-refractivity contribution in [3.05, 3.63) is 44.2 Å². The maximum absolute atomic E-state index is 11.9. The number of aromatic nitrogens is 2. The number of hydrogen-bond acceptors (Lipinski definition) is 6. The number of anilines is 1. The number of carbonyl (C=O) groups is 1. The van der Waals surface area contributed by atoms with Gasteiger partial charge in [0.1, 0.15) is 4.47 Å². The van der Waals surface area contributed by atoms with E-state index in [2.05, 4.69) is 31.4 Å². The normalized spacial score (nSPS) is 10.2. The summed E-state index contributed by atoms with van der Waals surface area (Å²) >= 11 is 3.03. The molecule has 19 heavy (non-hydrogen) atoms. The first kappa shape index (κ1) is 13.1. The van der Waals surface area contributed by atoms with Gasteiger partial charge in [-0.3, -0.25) is 20.2 Å². The van der Waals surface area contributed by atoms with E-state index in [0.29, 0.717) is 5.89 Å². The lowest BCUT2D eigenvalue weighted by Gasteiger charge is -2.03. The van der Waals surface area contributed by atoms with Gasteiger partial charge in [0.15, 0.2) is 0 Å². The molecule has 2 aromatic rings. The first-order valence-corrected chi connectivity index (χ1v) is 5.82. The van der Waals surface area contributed by atoms with Crippen LogP contribution in [0.3, 0.4) is 0 Å². The van der Waals surface area contributed by atoms with Gasteiger partial charge in [-0.05, 0) is 22.0 Å². The van der Waals surface area contributed by atoms with E-state index < -0.39 is 10.8 Å². The second-order valence-electron chi connectivity index (χ2n) is 3.48. The minimum absolute atomic E-state index is 0.0686. The van der Waals surface area contributed by atoms with E-state index in [0.717, 1.165) is 0 Å². The first-order valence-electron chi connectivity index (χ1n) is 5.03. The van der Waals surface area contributed by atoms with Crippen molar-refractivity contribution in [2.75, 3.05) is 5.32 Å². The maximum Gasteiger partial charge on any atom is 0.322 e. The number of carbonyl (C=O) groups excluding carboxylic acids is 1. The number of benzene rings is 1. The zero-order valence-corrected chi connectivity index (χ0v) is 11.2. The van der Waals surface area contributed by atoms with Crippen molar-refractivity contribution in [1.82, 2.24) is 10.2 Å². The fourth-order valence-electron chi connectivity index (χ4n) is 1.35. The van der Waals surface area contributed by atoms with E-state index in [9.17, 15) is 14.9 Å². The second kappa shape index (κ2) is 5.14. The Balaban J connectivity index is 2.29. The highest BCUT2D eigenvalue weighted by atomic mass is 79.9. The van der Waals surface area contributed by atoms with Crippen molar-refractivity contribution in [2.24, 2.45) is 0 Å². The summed E-state index contributed by atoms with van der Waals surface area (Å²) < 4.78 is 5.08. The zero-order valence-electron chi connectivity index (χ0n) is 9.58. The molecule has 1 N–H and O–H groups in total. The number of nitro groups is 1. The number of rotatable bonds is 3. The minimum atomic E-state index is -0.586. The lowest BCUT2D eigenvalue weighted by atomic mass is 10.2. The van der Waals surface area contributed by atoms with Crippen LogP contribution in [-0.2, 0) is 0 Å². The molecule has 0 aliphatic rings. The van der Waals surface area contributed by atoms with Gasteiger partial charge < -0.3 is 4.42 Å². The Kier molecular flexibility index (Phi) is 3.56. The molecule has 0 fully saturated rings. The molecule has 8 nitrogen and oxygen atoms in total. The molecule has 2 rings (SSSR count). The van der Waals surface area contributed by atoms with E-state index in [1.54, 1.807) is 6.92 Å². The number of nitrogens with zero attached hydrogens (tertiary/aromatic N) is 3. The Bertz CT molecular complexity index is 655. The van der Waals surface area contributed by atoms with Gasteiger partial charge in [0.05, 0.1) is 10.5 Å². The molecular weight excluding hydrogens is 320 g/mol. The fraction of sp³-hybridized carbons (Fsp3) is 0.100. The highest BCUT2D eigenvalue weighted by molar-refractivity contribution is 9.10. The summed E-state index contributed by atoms with van der Waals surface area (Å²) in [6.45, 7) is 1.58. The van der Waals surface area contributed by atoms with E-state index >= 15 is 0 Å². The highest BCUT2D eigenvalue weighted by Crippen LogP contribution is 2.28. The van der Waals surface area contributed by atoms with Crippen molar-refractivity contribution >= 4 is 33.5 Å². The number of nitrogens with one attached hydrogen (secondary N) is 1. The average molecular weight is 327 g/mol. The van der Waals surface area contributed by atoms with Gasteiger partial charge in [-0.15, -0.1) is 5.10 Å². The fourth-order valence-corrected chi connectivity index (χ4v) is 1.94. The van der Waals surface area contributed by atoms with Gasteiger partial charge in [-0.2, -0.15) is 0 Å². The number of hydrogen-bond donors (Lipinski definition) is 1. The molecular formula is C10H7BrN4O4.